The lowest BCUT2D eigenvalue weighted by Crippen LogP contribution is -2.51. The van der Waals surface area contributed by atoms with E-state index in [0.717, 1.165) is 17.2 Å². The van der Waals surface area contributed by atoms with Gasteiger partial charge in [-0.1, -0.05) is 6.07 Å². The molecule has 2 aliphatic rings. The maximum absolute atomic E-state index is 14.7. The Morgan fingerprint density at radius 2 is 1.70 bits per heavy atom. The number of hydrogen-bond donors (Lipinski definition) is 1. The van der Waals surface area contributed by atoms with Crippen LogP contribution in [0.15, 0.2) is 36.7 Å². The minimum absolute atomic E-state index is 0.130. The van der Waals surface area contributed by atoms with Gasteiger partial charge in [0.05, 0.1) is 35.9 Å². The topological polar surface area (TPSA) is 71.5 Å². The van der Waals surface area contributed by atoms with Gasteiger partial charge in [-0.15, -0.1) is 0 Å². The Morgan fingerprint density at radius 1 is 1.03 bits per heavy atom. The number of benzene rings is 1. The van der Waals surface area contributed by atoms with Crippen molar-refractivity contribution in [2.45, 2.75) is 50.2 Å². The Balaban J connectivity index is 1.58. The number of amides is 2. The zero-order chi connectivity index (χ0) is 27.1. The molecule has 2 amide bonds. The van der Waals surface area contributed by atoms with Crippen molar-refractivity contribution >= 4 is 11.8 Å². The molecule has 6 nitrogen and oxygen atoms in total. The first-order chi connectivity index (χ1) is 17.3. The van der Waals surface area contributed by atoms with Gasteiger partial charge in [-0.3, -0.25) is 14.6 Å². The Hall–Kier alpha value is -3.22. The maximum Gasteiger partial charge on any atom is 0.417 e. The van der Waals surface area contributed by atoms with Crippen LogP contribution in [-0.2, 0) is 21.9 Å². The van der Waals surface area contributed by atoms with E-state index in [1.54, 1.807) is 6.92 Å². The molecule has 0 spiro atoms. The standard InChI is InChI=1S/C24H22F7N3O3/c1-12-2-5-19(34(12)22(36)13-6-16(9-32-8-13)24(29,30)31)21(35)33-20(14-10-37-11-14)17-4-3-15(7-18(17)25)23(26,27)28/h3-4,6-9,12,14,19-20H,2,5,10-11H2,1H3,(H,33,35)/t12-,19-,20-/m1/s1. The van der Waals surface area contributed by atoms with Gasteiger partial charge in [0.1, 0.15) is 11.9 Å². The molecule has 37 heavy (non-hydrogen) atoms. The molecule has 3 atom stereocenters. The highest BCUT2D eigenvalue weighted by atomic mass is 19.4. The number of rotatable bonds is 5. The number of pyridine rings is 1. The summed E-state index contributed by atoms with van der Waals surface area (Å²) in [6.45, 7) is 1.90. The molecule has 2 saturated heterocycles. The summed E-state index contributed by atoms with van der Waals surface area (Å²) in [5.41, 5.74) is -2.81. The van der Waals surface area contributed by atoms with Gasteiger partial charge < -0.3 is 15.0 Å². The number of ether oxygens (including phenoxy) is 1. The van der Waals surface area contributed by atoms with Crippen molar-refractivity contribution in [3.05, 3.63) is 64.7 Å². The van der Waals surface area contributed by atoms with Crippen molar-refractivity contribution < 1.29 is 45.1 Å². The summed E-state index contributed by atoms with van der Waals surface area (Å²) in [5, 5.41) is 2.64. The van der Waals surface area contributed by atoms with Gasteiger partial charge in [-0.2, -0.15) is 26.3 Å². The third-order valence-electron chi connectivity index (χ3n) is 6.61. The number of hydrogen-bond acceptors (Lipinski definition) is 4. The number of nitrogens with zero attached hydrogens (tertiary/aromatic N) is 2. The molecule has 3 heterocycles. The fraction of sp³-hybridized carbons (Fsp3) is 0.458. The molecule has 13 heteroatoms. The molecule has 0 aliphatic carbocycles. The molecule has 2 aromatic rings. The van der Waals surface area contributed by atoms with Crippen LogP contribution in [0.2, 0.25) is 0 Å². The van der Waals surface area contributed by atoms with Crippen LogP contribution < -0.4 is 5.32 Å². The summed E-state index contributed by atoms with van der Waals surface area (Å²) in [4.78, 5) is 31.1. The van der Waals surface area contributed by atoms with Gasteiger partial charge in [0.15, 0.2) is 0 Å². The van der Waals surface area contributed by atoms with Crippen molar-refractivity contribution in [3.63, 3.8) is 0 Å². The predicted octanol–water partition coefficient (Wildman–Crippen LogP) is 4.76. The van der Waals surface area contributed by atoms with Gasteiger partial charge in [0.2, 0.25) is 5.91 Å². The molecule has 1 aromatic heterocycles. The molecule has 0 radical (unpaired) electrons. The summed E-state index contributed by atoms with van der Waals surface area (Å²) in [7, 11) is 0. The van der Waals surface area contributed by atoms with Crippen LogP contribution in [0.4, 0.5) is 30.7 Å². The monoisotopic (exact) mass is 533 g/mol. The lowest BCUT2D eigenvalue weighted by molar-refractivity contribution is -0.138. The SMILES string of the molecule is C[C@@H]1CC[C@H](C(=O)N[C@@H](c2ccc(C(F)(F)F)cc2F)C2COC2)N1C(=O)c1cncc(C(F)(F)F)c1. The van der Waals surface area contributed by atoms with Crippen LogP contribution in [0.1, 0.15) is 52.9 Å². The van der Waals surface area contributed by atoms with Crippen LogP contribution in [0.3, 0.4) is 0 Å². The van der Waals surface area contributed by atoms with Gasteiger partial charge in [0.25, 0.3) is 5.91 Å². The molecular formula is C24H22F7N3O3. The zero-order valence-electron chi connectivity index (χ0n) is 19.4. The number of nitrogens with one attached hydrogen (secondary N) is 1. The first-order valence-corrected chi connectivity index (χ1v) is 11.4. The molecule has 4 rings (SSSR count). The summed E-state index contributed by atoms with van der Waals surface area (Å²) >= 11 is 0. The largest absolute Gasteiger partial charge is 0.417 e. The minimum atomic E-state index is -4.75. The van der Waals surface area contributed by atoms with E-state index >= 15 is 0 Å². The average Bonchev–Trinajstić information content (AvgIpc) is 3.17. The number of likely N-dealkylation sites (tertiary alicyclic amines) is 1. The molecule has 0 saturated carbocycles. The molecule has 0 unspecified atom stereocenters. The normalized spacial score (nSPS) is 21.5. The maximum atomic E-state index is 14.7. The number of aromatic nitrogens is 1. The van der Waals surface area contributed by atoms with E-state index in [0.29, 0.717) is 30.8 Å². The lowest BCUT2D eigenvalue weighted by Gasteiger charge is -2.36. The molecule has 2 aliphatic heterocycles. The van der Waals surface area contributed by atoms with E-state index in [9.17, 15) is 40.3 Å². The highest BCUT2D eigenvalue weighted by molar-refractivity contribution is 5.98. The average molecular weight is 533 g/mol. The molecule has 2 fully saturated rings. The van der Waals surface area contributed by atoms with Gasteiger partial charge in [-0.25, -0.2) is 4.39 Å². The highest BCUT2D eigenvalue weighted by Gasteiger charge is 2.42. The smallest absolute Gasteiger partial charge is 0.381 e. The van der Waals surface area contributed by atoms with Crippen molar-refractivity contribution in [1.82, 2.24) is 15.2 Å². The summed E-state index contributed by atoms with van der Waals surface area (Å²) in [6.07, 6.45) is -7.35. The van der Waals surface area contributed by atoms with Gasteiger partial charge in [0, 0.05) is 29.9 Å². The second-order valence-corrected chi connectivity index (χ2v) is 9.13. The second-order valence-electron chi connectivity index (χ2n) is 9.13. The lowest BCUT2D eigenvalue weighted by atomic mass is 9.90. The van der Waals surface area contributed by atoms with Crippen LogP contribution in [0.5, 0.6) is 0 Å². The van der Waals surface area contributed by atoms with E-state index in [1.807, 2.05) is 0 Å². The van der Waals surface area contributed by atoms with E-state index in [-0.39, 0.29) is 30.8 Å². The highest BCUT2D eigenvalue weighted by Crippen LogP contribution is 2.36. The first kappa shape index (κ1) is 26.8. The number of carbonyl (C=O) groups excluding carboxylic acids is 2. The van der Waals surface area contributed by atoms with Crippen molar-refractivity contribution in [2.24, 2.45) is 5.92 Å². The molecular weight excluding hydrogens is 511 g/mol. The van der Waals surface area contributed by atoms with Crippen LogP contribution in [0, 0.1) is 11.7 Å². The summed E-state index contributed by atoms with van der Waals surface area (Å²) in [6, 6.07) is 0.0563. The molecule has 0 bridgehead atoms. The fourth-order valence-electron chi connectivity index (χ4n) is 4.55. The third-order valence-corrected chi connectivity index (χ3v) is 6.61. The summed E-state index contributed by atoms with van der Waals surface area (Å²) in [5.74, 6) is -3.11. The Labute approximate surface area is 206 Å². The third kappa shape index (κ3) is 5.55. The van der Waals surface area contributed by atoms with Crippen LogP contribution in [-0.4, -0.2) is 47.0 Å². The van der Waals surface area contributed by atoms with Gasteiger partial charge in [-0.05, 0) is 38.0 Å². The van der Waals surface area contributed by atoms with Crippen molar-refractivity contribution in [1.29, 1.82) is 0 Å². The zero-order valence-corrected chi connectivity index (χ0v) is 19.4. The van der Waals surface area contributed by atoms with Gasteiger partial charge >= 0.3 is 12.4 Å². The summed E-state index contributed by atoms with van der Waals surface area (Å²) < 4.78 is 98.1. The quantitative estimate of drug-likeness (QED) is 0.563. The minimum Gasteiger partial charge on any atom is -0.381 e. The van der Waals surface area contributed by atoms with Crippen LogP contribution in [0.25, 0.3) is 0 Å². The number of alkyl halides is 6. The van der Waals surface area contributed by atoms with E-state index < -0.39 is 65.2 Å². The molecule has 1 N–H and O–H groups in total. The second kappa shape index (κ2) is 9.92. The molecule has 1 aromatic carbocycles. The Bertz CT molecular complexity index is 1180. The Kier molecular flexibility index (Phi) is 7.19. The van der Waals surface area contributed by atoms with E-state index in [2.05, 4.69) is 10.3 Å². The van der Waals surface area contributed by atoms with Crippen LogP contribution >= 0.6 is 0 Å². The fourth-order valence-corrected chi connectivity index (χ4v) is 4.55. The number of carbonyl (C=O) groups is 2. The van der Waals surface area contributed by atoms with E-state index in [4.69, 9.17) is 4.74 Å². The molecule has 200 valence electrons. The van der Waals surface area contributed by atoms with Crippen molar-refractivity contribution in [2.75, 3.05) is 13.2 Å². The first-order valence-electron chi connectivity index (χ1n) is 11.4. The van der Waals surface area contributed by atoms with E-state index in [1.165, 1.54) is 0 Å². The number of halogens is 7. The predicted molar refractivity (Wildman–Crippen MR) is 114 cm³/mol. The Morgan fingerprint density at radius 3 is 2.27 bits per heavy atom. The van der Waals surface area contributed by atoms with Crippen molar-refractivity contribution in [3.8, 4) is 0 Å².